The molecule has 1 N–H and O–H groups in total. The van der Waals surface area contributed by atoms with Gasteiger partial charge in [0.05, 0.1) is 16.7 Å². The molecule has 0 aromatic carbocycles. The molecule has 0 aliphatic rings. The zero-order valence-electron chi connectivity index (χ0n) is 10.3. The molecule has 18 heavy (non-hydrogen) atoms. The molecule has 7 heteroatoms. The van der Waals surface area contributed by atoms with Crippen LogP contribution in [0, 0.1) is 0 Å². The first-order valence-corrected chi connectivity index (χ1v) is 6.61. The van der Waals surface area contributed by atoms with Crippen LogP contribution in [-0.4, -0.2) is 50.3 Å². The molecule has 1 rings (SSSR count). The molecule has 0 saturated heterocycles. The van der Waals surface area contributed by atoms with Crippen LogP contribution in [0.5, 0.6) is 0 Å². The Balaban J connectivity index is 2.42. The van der Waals surface area contributed by atoms with E-state index >= 15 is 0 Å². The Kier molecular flexibility index (Phi) is 7.04. The van der Waals surface area contributed by atoms with Gasteiger partial charge in [0.15, 0.2) is 0 Å². The number of hydrogen-bond donors (Lipinski definition) is 1. The van der Waals surface area contributed by atoms with Gasteiger partial charge < -0.3 is 15.0 Å². The maximum atomic E-state index is 6.00. The highest BCUT2D eigenvalue weighted by Gasteiger charge is 2.07. The minimum Gasteiger partial charge on any atom is -0.383 e. The predicted molar refractivity (Wildman–Crippen MR) is 77.1 cm³/mol. The van der Waals surface area contributed by atoms with E-state index < -0.39 is 0 Å². The van der Waals surface area contributed by atoms with Crippen LogP contribution in [-0.2, 0) is 4.74 Å². The summed E-state index contributed by atoms with van der Waals surface area (Å²) in [4.78, 5) is 6.22. The van der Waals surface area contributed by atoms with Crippen molar-refractivity contribution >= 4 is 40.6 Å². The van der Waals surface area contributed by atoms with Gasteiger partial charge >= 0.3 is 0 Å². The second-order valence-corrected chi connectivity index (χ2v) is 4.99. The fraction of sp³-hybridized carbons (Fsp3) is 0.545. The molecule has 0 aliphatic carbocycles. The number of likely N-dealkylation sites (N-methyl/N-ethyl adjacent to an activating group) is 1. The normalized spacial score (nSPS) is 11.0. The Morgan fingerprint density at radius 3 is 2.67 bits per heavy atom. The van der Waals surface area contributed by atoms with E-state index in [1.54, 1.807) is 13.2 Å². The summed E-state index contributed by atoms with van der Waals surface area (Å²) in [5.41, 5.74) is 0. The lowest BCUT2D eigenvalue weighted by Crippen LogP contribution is -2.28. The number of methoxy groups -OCH3 is 1. The fourth-order valence-corrected chi connectivity index (χ4v) is 1.86. The summed E-state index contributed by atoms with van der Waals surface area (Å²) in [5.74, 6) is 0.547. The molecule has 0 amide bonds. The highest BCUT2D eigenvalue weighted by molar-refractivity contribution is 6.42. The molecule has 0 fully saturated rings. The van der Waals surface area contributed by atoms with Gasteiger partial charge in [0.25, 0.3) is 0 Å². The SMILES string of the molecule is COCCN(C)CCNc1nc(Cl)c(Cl)cc1Cl. The van der Waals surface area contributed by atoms with Crippen LogP contribution in [0.4, 0.5) is 5.82 Å². The molecule has 0 atom stereocenters. The minimum absolute atomic E-state index is 0.247. The van der Waals surface area contributed by atoms with E-state index in [1.807, 2.05) is 7.05 Å². The predicted octanol–water partition coefficient (Wildman–Crippen LogP) is 3.03. The molecule has 1 aromatic rings. The largest absolute Gasteiger partial charge is 0.383 e. The lowest BCUT2D eigenvalue weighted by atomic mass is 10.4. The second-order valence-electron chi connectivity index (χ2n) is 3.81. The zero-order valence-corrected chi connectivity index (χ0v) is 12.6. The van der Waals surface area contributed by atoms with E-state index in [-0.39, 0.29) is 5.15 Å². The van der Waals surface area contributed by atoms with E-state index in [1.165, 1.54) is 0 Å². The van der Waals surface area contributed by atoms with Crippen molar-refractivity contribution in [2.24, 2.45) is 0 Å². The monoisotopic (exact) mass is 311 g/mol. The molecule has 0 radical (unpaired) electrons. The lowest BCUT2D eigenvalue weighted by molar-refractivity contribution is 0.163. The molecular weight excluding hydrogens is 296 g/mol. The summed E-state index contributed by atoms with van der Waals surface area (Å²) in [6, 6.07) is 1.58. The number of halogens is 3. The first-order chi connectivity index (χ1) is 8.54. The third-order valence-corrected chi connectivity index (χ3v) is 3.31. The van der Waals surface area contributed by atoms with Crippen LogP contribution in [0.2, 0.25) is 15.2 Å². The number of hydrogen-bond acceptors (Lipinski definition) is 4. The first kappa shape index (κ1) is 15.8. The summed E-state index contributed by atoms with van der Waals surface area (Å²) >= 11 is 17.6. The average molecular weight is 313 g/mol. The Morgan fingerprint density at radius 2 is 2.00 bits per heavy atom. The first-order valence-electron chi connectivity index (χ1n) is 5.47. The van der Waals surface area contributed by atoms with Crippen molar-refractivity contribution in [3.05, 3.63) is 21.3 Å². The fourth-order valence-electron chi connectivity index (χ4n) is 1.29. The summed E-state index contributed by atoms with van der Waals surface area (Å²) in [6.45, 7) is 3.15. The van der Waals surface area contributed by atoms with Gasteiger partial charge in [-0.25, -0.2) is 4.98 Å². The van der Waals surface area contributed by atoms with Crippen LogP contribution >= 0.6 is 34.8 Å². The average Bonchev–Trinajstić information content (AvgIpc) is 2.33. The number of rotatable bonds is 7. The van der Waals surface area contributed by atoms with Gasteiger partial charge in [-0.15, -0.1) is 0 Å². The van der Waals surface area contributed by atoms with Crippen LogP contribution < -0.4 is 5.32 Å². The van der Waals surface area contributed by atoms with Crippen molar-refractivity contribution in [3.63, 3.8) is 0 Å². The third kappa shape index (κ3) is 5.16. The molecule has 0 bridgehead atoms. The molecule has 0 aliphatic heterocycles. The Hall–Kier alpha value is -0.260. The Labute approximate surface area is 122 Å². The lowest BCUT2D eigenvalue weighted by Gasteiger charge is -2.16. The molecule has 0 saturated carbocycles. The van der Waals surface area contributed by atoms with Crippen molar-refractivity contribution in [2.75, 3.05) is 45.7 Å². The van der Waals surface area contributed by atoms with Gasteiger partial charge in [-0.1, -0.05) is 34.8 Å². The van der Waals surface area contributed by atoms with Gasteiger partial charge in [0.2, 0.25) is 0 Å². The summed E-state index contributed by atoms with van der Waals surface area (Å²) in [5, 5.41) is 4.18. The maximum Gasteiger partial charge on any atom is 0.150 e. The van der Waals surface area contributed by atoms with Crippen molar-refractivity contribution in [1.82, 2.24) is 9.88 Å². The highest BCUT2D eigenvalue weighted by Crippen LogP contribution is 2.28. The molecule has 1 aromatic heterocycles. The van der Waals surface area contributed by atoms with Crippen molar-refractivity contribution in [2.45, 2.75) is 0 Å². The van der Waals surface area contributed by atoms with E-state index in [9.17, 15) is 0 Å². The van der Waals surface area contributed by atoms with Gasteiger partial charge in [0, 0.05) is 26.7 Å². The molecule has 0 spiro atoms. The molecule has 4 nitrogen and oxygen atoms in total. The second kappa shape index (κ2) is 8.02. The summed E-state index contributed by atoms with van der Waals surface area (Å²) < 4.78 is 5.00. The van der Waals surface area contributed by atoms with E-state index in [0.717, 1.165) is 13.1 Å². The molecule has 102 valence electrons. The topological polar surface area (TPSA) is 37.4 Å². The standard InChI is InChI=1S/C11H16Cl3N3O/c1-17(5-6-18-2)4-3-15-11-9(13)7-8(12)10(14)16-11/h7H,3-6H2,1-2H3,(H,15,16). The maximum absolute atomic E-state index is 6.00. The quantitative estimate of drug-likeness (QED) is 0.785. The van der Waals surface area contributed by atoms with E-state index in [0.29, 0.717) is 29.0 Å². The summed E-state index contributed by atoms with van der Waals surface area (Å²) in [7, 11) is 3.70. The van der Waals surface area contributed by atoms with Crippen LogP contribution in [0.1, 0.15) is 0 Å². The minimum atomic E-state index is 0.247. The van der Waals surface area contributed by atoms with E-state index in [4.69, 9.17) is 39.5 Å². The molecular formula is C11H16Cl3N3O. The molecule has 0 unspecified atom stereocenters. The van der Waals surface area contributed by atoms with Gasteiger partial charge in [-0.05, 0) is 13.1 Å². The van der Waals surface area contributed by atoms with Gasteiger partial charge in [-0.3, -0.25) is 0 Å². The van der Waals surface area contributed by atoms with Crippen molar-refractivity contribution in [3.8, 4) is 0 Å². The van der Waals surface area contributed by atoms with Crippen molar-refractivity contribution in [1.29, 1.82) is 0 Å². The Morgan fingerprint density at radius 1 is 1.28 bits per heavy atom. The number of pyridine rings is 1. The zero-order chi connectivity index (χ0) is 13.5. The molecule has 1 heterocycles. The van der Waals surface area contributed by atoms with E-state index in [2.05, 4.69) is 15.2 Å². The smallest absolute Gasteiger partial charge is 0.150 e. The van der Waals surface area contributed by atoms with Crippen LogP contribution in [0.15, 0.2) is 6.07 Å². The van der Waals surface area contributed by atoms with Gasteiger partial charge in [0.1, 0.15) is 11.0 Å². The number of ether oxygens (including phenoxy) is 1. The van der Waals surface area contributed by atoms with Crippen LogP contribution in [0.3, 0.4) is 0 Å². The van der Waals surface area contributed by atoms with Crippen molar-refractivity contribution < 1.29 is 4.74 Å². The number of nitrogens with zero attached hydrogens (tertiary/aromatic N) is 2. The number of aromatic nitrogens is 1. The number of anilines is 1. The van der Waals surface area contributed by atoms with Crippen LogP contribution in [0.25, 0.3) is 0 Å². The number of nitrogens with one attached hydrogen (secondary N) is 1. The van der Waals surface area contributed by atoms with Gasteiger partial charge in [-0.2, -0.15) is 0 Å². The highest BCUT2D eigenvalue weighted by atomic mass is 35.5. The Bertz CT molecular complexity index is 390. The third-order valence-electron chi connectivity index (χ3n) is 2.35. The summed E-state index contributed by atoms with van der Waals surface area (Å²) in [6.07, 6.45) is 0.